The molecule has 2 N–H and O–H groups in total. The number of ether oxygens (including phenoxy) is 3. The van der Waals surface area contributed by atoms with Crippen LogP contribution in [0.15, 0.2) is 77.9 Å². The van der Waals surface area contributed by atoms with E-state index in [1.807, 2.05) is 6.07 Å². The molecule has 0 unspecified atom stereocenters. The summed E-state index contributed by atoms with van der Waals surface area (Å²) in [4.78, 5) is 35.6. The third kappa shape index (κ3) is 5.68. The van der Waals surface area contributed by atoms with E-state index in [4.69, 9.17) is 14.2 Å². The van der Waals surface area contributed by atoms with Crippen molar-refractivity contribution >= 4 is 22.6 Å². The molecule has 0 bridgehead atoms. The lowest BCUT2D eigenvalue weighted by molar-refractivity contribution is 0.0546. The van der Waals surface area contributed by atoms with Gasteiger partial charge in [0.2, 0.25) is 0 Å². The summed E-state index contributed by atoms with van der Waals surface area (Å²) in [5, 5.41) is 13.9. The molecule has 0 fully saturated rings. The van der Waals surface area contributed by atoms with Gasteiger partial charge in [-0.25, -0.2) is 9.67 Å². The Morgan fingerprint density at radius 2 is 1.69 bits per heavy atom. The van der Waals surface area contributed by atoms with Crippen molar-refractivity contribution in [1.82, 2.24) is 19.3 Å². The van der Waals surface area contributed by atoms with Crippen LogP contribution in [0, 0.1) is 6.92 Å². The van der Waals surface area contributed by atoms with Crippen molar-refractivity contribution in [2.24, 2.45) is 0 Å². The van der Waals surface area contributed by atoms with E-state index in [1.54, 1.807) is 100 Å². The Balaban J connectivity index is 1.41. The highest BCUT2D eigenvalue weighted by Crippen LogP contribution is 2.36. The van der Waals surface area contributed by atoms with Gasteiger partial charge in [-0.05, 0) is 57.2 Å². The van der Waals surface area contributed by atoms with Gasteiger partial charge in [0.15, 0.2) is 11.5 Å². The second-order valence-electron chi connectivity index (χ2n) is 10.3. The van der Waals surface area contributed by atoms with Crippen LogP contribution in [0.4, 0.5) is 5.82 Å². The number of fused-ring (bicyclic) bond motifs is 1. The minimum atomic E-state index is -1.13. The number of nitrogens with one attached hydrogen (secondary N) is 1. The van der Waals surface area contributed by atoms with Crippen LogP contribution < -0.4 is 25.1 Å². The number of anilines is 1. The van der Waals surface area contributed by atoms with Crippen LogP contribution in [0.2, 0.25) is 0 Å². The first-order valence-corrected chi connectivity index (χ1v) is 13.2. The van der Waals surface area contributed by atoms with Gasteiger partial charge in [0, 0.05) is 17.6 Å². The summed E-state index contributed by atoms with van der Waals surface area (Å²) in [5.41, 5.74) is -0.0203. The first kappa shape index (κ1) is 28.4. The third-order valence-corrected chi connectivity index (χ3v) is 6.57. The number of rotatable bonds is 9. The van der Waals surface area contributed by atoms with Gasteiger partial charge in [-0.1, -0.05) is 18.2 Å². The molecule has 2 aromatic carbocycles. The molecule has 0 aliphatic heterocycles. The molecule has 0 radical (unpaired) electrons. The molecule has 0 saturated carbocycles. The van der Waals surface area contributed by atoms with Crippen molar-refractivity contribution in [2.75, 3.05) is 19.5 Å². The number of carbonyl (C=O) groups is 1. The van der Waals surface area contributed by atoms with Crippen LogP contribution in [0.5, 0.6) is 23.0 Å². The number of pyridine rings is 2. The summed E-state index contributed by atoms with van der Waals surface area (Å²) in [7, 11) is 3.11. The van der Waals surface area contributed by atoms with Gasteiger partial charge in [0.25, 0.3) is 11.5 Å². The Morgan fingerprint density at radius 3 is 2.33 bits per heavy atom. The van der Waals surface area contributed by atoms with Crippen LogP contribution in [0.25, 0.3) is 16.6 Å². The maximum Gasteiger partial charge on any atom is 0.284 e. The molecule has 3 aromatic heterocycles. The number of hydrogen-bond donors (Lipinski definition) is 2. The molecular weight excluding hydrogens is 538 g/mol. The standard InChI is InChI=1S/C31H31N5O6/c1-19-28(30(38)36(20-9-7-6-8-10-20)35(19)18-31(2,3)39)29(37)34-27-12-11-21(17-33-27)42-24-13-14-32-23-16-26(41-5)25(40-4)15-22(23)24/h6-17,39H,18H2,1-5H3,(H,33,34,37). The average molecular weight is 570 g/mol. The van der Waals surface area contributed by atoms with Crippen LogP contribution in [-0.2, 0) is 6.54 Å². The fourth-order valence-corrected chi connectivity index (χ4v) is 4.65. The Hall–Kier alpha value is -5.16. The van der Waals surface area contributed by atoms with Crippen molar-refractivity contribution in [2.45, 2.75) is 32.9 Å². The molecule has 11 heteroatoms. The Kier molecular flexibility index (Phi) is 7.68. The van der Waals surface area contributed by atoms with E-state index in [0.717, 1.165) is 0 Å². The second kappa shape index (κ2) is 11.4. The lowest BCUT2D eigenvalue weighted by Crippen LogP contribution is -2.32. The predicted molar refractivity (Wildman–Crippen MR) is 158 cm³/mol. The number of hydrogen-bond acceptors (Lipinski definition) is 8. The first-order chi connectivity index (χ1) is 20.1. The molecule has 5 aromatic rings. The molecule has 0 aliphatic rings. The zero-order valence-electron chi connectivity index (χ0n) is 23.9. The van der Waals surface area contributed by atoms with Gasteiger partial charge < -0.3 is 24.6 Å². The van der Waals surface area contributed by atoms with E-state index in [-0.39, 0.29) is 17.9 Å². The molecule has 0 aliphatic carbocycles. The van der Waals surface area contributed by atoms with Crippen LogP contribution in [0.1, 0.15) is 29.9 Å². The number of aliphatic hydroxyl groups is 1. The number of aromatic nitrogens is 4. The minimum absolute atomic E-state index is 0.0436. The molecule has 1 amide bonds. The molecule has 42 heavy (non-hydrogen) atoms. The third-order valence-electron chi connectivity index (χ3n) is 6.57. The van der Waals surface area contributed by atoms with Crippen LogP contribution in [0.3, 0.4) is 0 Å². The SMILES string of the molecule is COc1cc2nccc(Oc3ccc(NC(=O)c4c(C)n(CC(C)(C)O)n(-c5ccccc5)c4=O)nc3)c2cc1OC. The van der Waals surface area contributed by atoms with Gasteiger partial charge >= 0.3 is 0 Å². The van der Waals surface area contributed by atoms with E-state index >= 15 is 0 Å². The maximum absolute atomic E-state index is 13.5. The highest BCUT2D eigenvalue weighted by molar-refractivity contribution is 6.04. The second-order valence-corrected chi connectivity index (χ2v) is 10.3. The predicted octanol–water partition coefficient (Wildman–Crippen LogP) is 4.72. The number of methoxy groups -OCH3 is 2. The summed E-state index contributed by atoms with van der Waals surface area (Å²) < 4.78 is 19.9. The van der Waals surface area contributed by atoms with Crippen molar-refractivity contribution in [1.29, 1.82) is 0 Å². The topological polar surface area (TPSA) is 130 Å². The van der Waals surface area contributed by atoms with E-state index in [9.17, 15) is 14.7 Å². The summed E-state index contributed by atoms with van der Waals surface area (Å²) in [6.45, 7) is 5.06. The lowest BCUT2D eigenvalue weighted by atomic mass is 10.1. The van der Waals surface area contributed by atoms with Crippen molar-refractivity contribution in [3.8, 4) is 28.7 Å². The highest BCUT2D eigenvalue weighted by Gasteiger charge is 2.27. The average Bonchev–Trinajstić information content (AvgIpc) is 3.21. The fourth-order valence-electron chi connectivity index (χ4n) is 4.65. The van der Waals surface area contributed by atoms with Gasteiger partial charge in [0.05, 0.1) is 49.5 Å². The van der Waals surface area contributed by atoms with Crippen molar-refractivity contribution in [3.63, 3.8) is 0 Å². The van der Waals surface area contributed by atoms with Crippen LogP contribution >= 0.6 is 0 Å². The van der Waals surface area contributed by atoms with E-state index in [0.29, 0.717) is 45.3 Å². The Bertz CT molecular complexity index is 1800. The maximum atomic E-state index is 13.5. The summed E-state index contributed by atoms with van der Waals surface area (Å²) >= 11 is 0. The highest BCUT2D eigenvalue weighted by atomic mass is 16.5. The minimum Gasteiger partial charge on any atom is -0.493 e. The number of para-hydroxylation sites is 1. The van der Waals surface area contributed by atoms with E-state index in [2.05, 4.69) is 15.3 Å². The largest absolute Gasteiger partial charge is 0.493 e. The number of nitrogens with zero attached hydrogens (tertiary/aromatic N) is 4. The Morgan fingerprint density at radius 1 is 0.976 bits per heavy atom. The first-order valence-electron chi connectivity index (χ1n) is 13.2. The fraction of sp³-hybridized carbons (Fsp3) is 0.226. The summed E-state index contributed by atoms with van der Waals surface area (Å²) in [6, 6.07) is 17.5. The summed E-state index contributed by atoms with van der Waals surface area (Å²) in [6.07, 6.45) is 3.09. The monoisotopic (exact) mass is 569 g/mol. The van der Waals surface area contributed by atoms with Gasteiger partial charge in [-0.2, -0.15) is 0 Å². The lowest BCUT2D eigenvalue weighted by Gasteiger charge is -2.22. The zero-order valence-corrected chi connectivity index (χ0v) is 23.9. The van der Waals surface area contributed by atoms with Crippen LogP contribution in [-0.4, -0.2) is 50.2 Å². The van der Waals surface area contributed by atoms with Crippen molar-refractivity contribution in [3.05, 3.63) is 94.7 Å². The van der Waals surface area contributed by atoms with E-state index in [1.165, 1.54) is 10.9 Å². The molecule has 0 saturated heterocycles. The van der Waals surface area contributed by atoms with E-state index < -0.39 is 17.1 Å². The number of amides is 1. The molecular formula is C31H31N5O6. The van der Waals surface area contributed by atoms with Gasteiger partial charge in [-0.15, -0.1) is 0 Å². The summed E-state index contributed by atoms with van der Waals surface area (Å²) in [5.74, 6) is 1.67. The molecule has 3 heterocycles. The normalized spacial score (nSPS) is 11.4. The number of carbonyl (C=O) groups excluding carboxylic acids is 1. The van der Waals surface area contributed by atoms with Crippen molar-refractivity contribution < 1.29 is 24.1 Å². The Labute approximate surface area is 241 Å². The van der Waals surface area contributed by atoms with Gasteiger partial charge in [0.1, 0.15) is 22.9 Å². The molecule has 5 rings (SSSR count). The van der Waals surface area contributed by atoms with Gasteiger partial charge in [-0.3, -0.25) is 19.3 Å². The molecule has 0 atom stereocenters. The zero-order chi connectivity index (χ0) is 30.0. The smallest absolute Gasteiger partial charge is 0.284 e. The molecule has 216 valence electrons. The molecule has 11 nitrogen and oxygen atoms in total. The quantitative estimate of drug-likeness (QED) is 0.261. The number of benzene rings is 2. The molecule has 0 spiro atoms.